The Bertz CT molecular complexity index is 171. The monoisotopic (exact) mass is 394 g/mol. The van der Waals surface area contributed by atoms with Crippen molar-refractivity contribution in [2.45, 2.75) is 74.7 Å². The van der Waals surface area contributed by atoms with Gasteiger partial charge in [0.15, 0.2) is 0 Å². The molecule has 0 aliphatic rings. The second-order valence-electron chi connectivity index (χ2n) is 5.72. The molecular formula is C16H38N2OSn. The van der Waals surface area contributed by atoms with Crippen LogP contribution >= 0.6 is 0 Å². The van der Waals surface area contributed by atoms with Gasteiger partial charge in [-0.3, -0.25) is 9.80 Å². The molecule has 0 heterocycles. The molecule has 122 valence electrons. The quantitative estimate of drug-likeness (QED) is 0.318. The summed E-state index contributed by atoms with van der Waals surface area (Å²) in [5.74, 6) is 0. The standard InChI is InChI=1S/C8H20N2O.2C4H9.Sn/c1-7(9(3)4)11-8(2)10(5)6;2*1-3-4-2;/h7-8H,1-6H3;2*1,3-4H2,2H3;. The zero-order valence-corrected chi connectivity index (χ0v) is 18.1. The summed E-state index contributed by atoms with van der Waals surface area (Å²) >= 11 is 0.149. The van der Waals surface area contributed by atoms with Gasteiger partial charge in [-0.1, -0.05) is 0 Å². The van der Waals surface area contributed by atoms with Crippen LogP contribution in [-0.2, 0) is 4.74 Å². The molecule has 2 unspecified atom stereocenters. The summed E-state index contributed by atoms with van der Waals surface area (Å²) in [6, 6.07) is 0. The third-order valence-corrected chi connectivity index (χ3v) is 7.30. The third-order valence-electron chi connectivity index (χ3n) is 3.26. The summed E-state index contributed by atoms with van der Waals surface area (Å²) in [5, 5.41) is 0. The van der Waals surface area contributed by atoms with E-state index in [1.807, 2.05) is 51.8 Å². The van der Waals surface area contributed by atoms with E-state index in [-0.39, 0.29) is 33.6 Å². The molecule has 0 bridgehead atoms. The van der Waals surface area contributed by atoms with Crippen LogP contribution in [0, 0.1) is 0 Å². The van der Waals surface area contributed by atoms with E-state index >= 15 is 0 Å². The Kier molecular flexibility index (Phi) is 18.4. The van der Waals surface area contributed by atoms with Gasteiger partial charge in [-0.2, -0.15) is 0 Å². The number of hydrogen-bond donors (Lipinski definition) is 0. The van der Waals surface area contributed by atoms with Crippen molar-refractivity contribution in [1.82, 2.24) is 9.80 Å². The van der Waals surface area contributed by atoms with Crippen LogP contribution in [0.15, 0.2) is 0 Å². The maximum atomic E-state index is 5.62. The van der Waals surface area contributed by atoms with Crippen LogP contribution in [0.25, 0.3) is 0 Å². The van der Waals surface area contributed by atoms with Crippen molar-refractivity contribution in [3.8, 4) is 0 Å². The van der Waals surface area contributed by atoms with Crippen LogP contribution in [0.1, 0.15) is 53.4 Å². The summed E-state index contributed by atoms with van der Waals surface area (Å²) < 4.78 is 8.87. The summed E-state index contributed by atoms with van der Waals surface area (Å²) in [4.78, 5) is 4.08. The minimum atomic E-state index is 0.149. The fourth-order valence-electron chi connectivity index (χ4n) is 1.26. The van der Waals surface area contributed by atoms with Crippen LogP contribution in [0.4, 0.5) is 0 Å². The maximum absolute atomic E-state index is 5.62. The van der Waals surface area contributed by atoms with E-state index in [1.165, 1.54) is 25.7 Å². The number of unbranched alkanes of at least 4 members (excludes halogenated alkanes) is 2. The van der Waals surface area contributed by atoms with E-state index in [4.69, 9.17) is 4.74 Å². The number of ether oxygens (including phenoxy) is 1. The first-order chi connectivity index (χ1) is 9.36. The van der Waals surface area contributed by atoms with Crippen molar-refractivity contribution in [3.05, 3.63) is 0 Å². The van der Waals surface area contributed by atoms with Gasteiger partial charge >= 0.3 is 69.5 Å². The first-order valence-electron chi connectivity index (χ1n) is 8.05. The van der Waals surface area contributed by atoms with E-state index in [9.17, 15) is 0 Å². The molecule has 20 heavy (non-hydrogen) atoms. The minimum absolute atomic E-state index is 0.149. The van der Waals surface area contributed by atoms with Crippen molar-refractivity contribution < 1.29 is 4.74 Å². The zero-order chi connectivity index (χ0) is 16.0. The average Bonchev–Trinajstić information content (AvgIpc) is 2.39. The summed E-state index contributed by atoms with van der Waals surface area (Å²) in [6.07, 6.45) is 6.19. The predicted octanol–water partition coefficient (Wildman–Crippen LogP) is 3.95. The molecule has 0 rings (SSSR count). The van der Waals surface area contributed by atoms with Crippen molar-refractivity contribution in [3.63, 3.8) is 0 Å². The Morgan fingerprint density at radius 3 is 1.40 bits per heavy atom. The molecule has 0 aliphatic carbocycles. The van der Waals surface area contributed by atoms with Gasteiger partial charge in [0.2, 0.25) is 0 Å². The van der Waals surface area contributed by atoms with E-state index in [1.54, 1.807) is 8.87 Å². The van der Waals surface area contributed by atoms with Gasteiger partial charge in [-0.15, -0.1) is 0 Å². The molecule has 0 saturated carbocycles. The van der Waals surface area contributed by atoms with Gasteiger partial charge in [-0.05, 0) is 42.0 Å². The predicted molar refractivity (Wildman–Crippen MR) is 92.6 cm³/mol. The van der Waals surface area contributed by atoms with Gasteiger partial charge in [0.05, 0.1) is 0 Å². The van der Waals surface area contributed by atoms with Crippen LogP contribution in [0.2, 0.25) is 8.87 Å². The van der Waals surface area contributed by atoms with Gasteiger partial charge in [0.25, 0.3) is 0 Å². The summed E-state index contributed by atoms with van der Waals surface area (Å²) in [7, 11) is 8.03. The molecule has 0 saturated heterocycles. The van der Waals surface area contributed by atoms with Gasteiger partial charge in [0, 0.05) is 0 Å². The van der Waals surface area contributed by atoms with Crippen LogP contribution in [0.3, 0.4) is 0 Å². The Morgan fingerprint density at radius 2 is 1.15 bits per heavy atom. The first-order valence-corrected chi connectivity index (χ1v) is 12.1. The molecule has 3 nitrogen and oxygen atoms in total. The van der Waals surface area contributed by atoms with Crippen LogP contribution in [0.5, 0.6) is 0 Å². The molecule has 0 spiro atoms. The van der Waals surface area contributed by atoms with Gasteiger partial charge in [-0.25, -0.2) is 0 Å². The molecule has 0 aromatic carbocycles. The number of nitrogens with zero attached hydrogens (tertiary/aromatic N) is 2. The average molecular weight is 393 g/mol. The van der Waals surface area contributed by atoms with E-state index < -0.39 is 0 Å². The van der Waals surface area contributed by atoms with E-state index in [0.717, 1.165) is 0 Å². The second-order valence-corrected chi connectivity index (χ2v) is 10.0. The molecule has 0 aromatic heterocycles. The molecule has 0 aliphatic heterocycles. The molecule has 0 amide bonds. The summed E-state index contributed by atoms with van der Waals surface area (Å²) in [5.41, 5.74) is 0. The number of rotatable bonds is 10. The zero-order valence-electron chi connectivity index (χ0n) is 15.2. The fraction of sp³-hybridized carbons (Fsp3) is 1.00. The first kappa shape index (κ1) is 23.0. The van der Waals surface area contributed by atoms with Crippen LogP contribution in [-0.4, -0.2) is 71.6 Å². The molecule has 2 atom stereocenters. The van der Waals surface area contributed by atoms with Crippen molar-refractivity contribution >= 4 is 21.1 Å². The number of hydrogen-bond acceptors (Lipinski definition) is 3. The topological polar surface area (TPSA) is 15.7 Å². The SMILES string of the molecule is CC(OC(C)N(C)C)N(C)C.CCC[CH2][Sn][CH2]CCC. The molecule has 0 fully saturated rings. The van der Waals surface area contributed by atoms with Crippen molar-refractivity contribution in [1.29, 1.82) is 0 Å². The third kappa shape index (κ3) is 16.7. The Morgan fingerprint density at radius 1 is 0.800 bits per heavy atom. The molecule has 0 aromatic rings. The molecule has 4 heteroatoms. The molecular weight excluding hydrogens is 355 g/mol. The summed E-state index contributed by atoms with van der Waals surface area (Å²) in [6.45, 7) is 8.67. The second kappa shape index (κ2) is 16.1. The molecule has 2 radical (unpaired) electrons. The van der Waals surface area contributed by atoms with E-state index in [0.29, 0.717) is 0 Å². The normalized spacial score (nSPS) is 14.1. The Hall–Kier alpha value is 0.679. The fourth-order valence-corrected chi connectivity index (χ4v) is 5.42. The molecule has 0 N–H and O–H groups in total. The van der Waals surface area contributed by atoms with Crippen LogP contribution < -0.4 is 0 Å². The van der Waals surface area contributed by atoms with Crippen molar-refractivity contribution in [2.24, 2.45) is 0 Å². The van der Waals surface area contributed by atoms with Gasteiger partial charge < -0.3 is 4.74 Å². The van der Waals surface area contributed by atoms with Gasteiger partial charge in [0.1, 0.15) is 12.5 Å². The Labute approximate surface area is 138 Å². The van der Waals surface area contributed by atoms with E-state index in [2.05, 4.69) is 13.8 Å². The van der Waals surface area contributed by atoms with Crippen molar-refractivity contribution in [2.75, 3.05) is 28.2 Å². The Balaban J connectivity index is 0.